The third kappa shape index (κ3) is 4.05. The lowest BCUT2D eigenvalue weighted by molar-refractivity contribution is 0.882. The predicted octanol–water partition coefficient (Wildman–Crippen LogP) is 3.72. The summed E-state index contributed by atoms with van der Waals surface area (Å²) < 4.78 is 1.18. The topological polar surface area (TPSA) is 12.4 Å². The van der Waals surface area contributed by atoms with Gasteiger partial charge in [-0.05, 0) is 24.0 Å². The van der Waals surface area contributed by atoms with Crippen LogP contribution in [0.3, 0.4) is 0 Å². The summed E-state index contributed by atoms with van der Waals surface area (Å²) in [6.45, 7) is 5.16. The number of halogens is 1. The van der Waals surface area contributed by atoms with E-state index in [0.717, 1.165) is 13.0 Å². The molecule has 0 aliphatic carbocycles. The molecule has 0 aliphatic heterocycles. The molecule has 0 amide bonds. The van der Waals surface area contributed by atoms with Crippen molar-refractivity contribution in [3.63, 3.8) is 0 Å². The fourth-order valence-corrected chi connectivity index (χ4v) is 1.65. The number of benzene rings is 1. The summed E-state index contributed by atoms with van der Waals surface area (Å²) in [5, 5.41) is 0. The summed E-state index contributed by atoms with van der Waals surface area (Å²) in [6, 6.07) is 8.30. The van der Waals surface area contributed by atoms with E-state index in [-0.39, 0.29) is 0 Å². The first kappa shape index (κ1) is 11.4. The molecule has 14 heavy (non-hydrogen) atoms. The summed E-state index contributed by atoms with van der Waals surface area (Å²) in [5.41, 5.74) is 1.33. The predicted molar refractivity (Wildman–Crippen MR) is 66.0 cm³/mol. The zero-order valence-corrected chi connectivity index (χ0v) is 10.3. The standard InChI is InChI=1S/C12H16BrN/c1-10(2)9-14-8-7-11-5-3-4-6-12(11)13/h3-6,9-10H,7-8H2,1-2H3. The van der Waals surface area contributed by atoms with Crippen LogP contribution in [0.2, 0.25) is 0 Å². The molecule has 76 valence electrons. The number of hydrogen-bond donors (Lipinski definition) is 0. The summed E-state index contributed by atoms with van der Waals surface area (Å²) in [4.78, 5) is 4.36. The van der Waals surface area contributed by atoms with Crippen molar-refractivity contribution in [2.75, 3.05) is 6.54 Å². The Morgan fingerprint density at radius 1 is 1.36 bits per heavy atom. The molecule has 0 unspecified atom stereocenters. The Labute approximate surface area is 94.4 Å². The molecule has 0 radical (unpaired) electrons. The summed E-state index contributed by atoms with van der Waals surface area (Å²) in [7, 11) is 0. The highest BCUT2D eigenvalue weighted by Crippen LogP contribution is 2.16. The Morgan fingerprint density at radius 3 is 2.71 bits per heavy atom. The van der Waals surface area contributed by atoms with Gasteiger partial charge in [0.25, 0.3) is 0 Å². The van der Waals surface area contributed by atoms with Crippen LogP contribution in [-0.4, -0.2) is 12.8 Å². The summed E-state index contributed by atoms with van der Waals surface area (Å²) in [5.74, 6) is 0.550. The Balaban J connectivity index is 2.42. The SMILES string of the molecule is CC(C)C=NCCc1ccccc1Br. The molecule has 0 fully saturated rings. The molecule has 0 spiro atoms. The van der Waals surface area contributed by atoms with Gasteiger partial charge in [0.05, 0.1) is 0 Å². The molecule has 1 nitrogen and oxygen atoms in total. The highest BCUT2D eigenvalue weighted by atomic mass is 79.9. The number of hydrogen-bond acceptors (Lipinski definition) is 1. The molecular weight excluding hydrogens is 238 g/mol. The van der Waals surface area contributed by atoms with E-state index in [1.54, 1.807) is 0 Å². The monoisotopic (exact) mass is 253 g/mol. The largest absolute Gasteiger partial charge is 0.297 e. The van der Waals surface area contributed by atoms with Crippen LogP contribution in [0, 0.1) is 5.92 Å². The molecule has 0 atom stereocenters. The molecule has 0 saturated carbocycles. The maximum Gasteiger partial charge on any atom is 0.0426 e. The van der Waals surface area contributed by atoms with E-state index < -0.39 is 0 Å². The molecule has 0 aliphatic rings. The molecule has 0 heterocycles. The van der Waals surface area contributed by atoms with Gasteiger partial charge in [-0.3, -0.25) is 4.99 Å². The Kier molecular flexibility index (Phi) is 4.88. The summed E-state index contributed by atoms with van der Waals surface area (Å²) in [6.07, 6.45) is 3.02. The molecular formula is C12H16BrN. The van der Waals surface area contributed by atoms with Crippen LogP contribution in [0.25, 0.3) is 0 Å². The Hall–Kier alpha value is -0.630. The highest BCUT2D eigenvalue weighted by molar-refractivity contribution is 9.10. The van der Waals surface area contributed by atoms with Gasteiger partial charge in [-0.1, -0.05) is 48.0 Å². The lowest BCUT2D eigenvalue weighted by Crippen LogP contribution is -1.93. The van der Waals surface area contributed by atoms with E-state index in [4.69, 9.17) is 0 Å². The molecule has 0 bridgehead atoms. The summed E-state index contributed by atoms with van der Waals surface area (Å²) >= 11 is 3.53. The normalized spacial score (nSPS) is 11.4. The van der Waals surface area contributed by atoms with E-state index in [1.807, 2.05) is 12.3 Å². The van der Waals surface area contributed by atoms with Gasteiger partial charge in [0.15, 0.2) is 0 Å². The van der Waals surface area contributed by atoms with Crippen LogP contribution in [0.15, 0.2) is 33.7 Å². The minimum Gasteiger partial charge on any atom is -0.297 e. The zero-order chi connectivity index (χ0) is 10.4. The Bertz CT molecular complexity index is 305. The zero-order valence-electron chi connectivity index (χ0n) is 8.70. The van der Waals surface area contributed by atoms with E-state index in [0.29, 0.717) is 5.92 Å². The number of rotatable bonds is 4. The van der Waals surface area contributed by atoms with Crippen molar-refractivity contribution in [1.82, 2.24) is 0 Å². The van der Waals surface area contributed by atoms with Gasteiger partial charge in [0.1, 0.15) is 0 Å². The Morgan fingerprint density at radius 2 is 2.07 bits per heavy atom. The van der Waals surface area contributed by atoms with Crippen LogP contribution in [0.1, 0.15) is 19.4 Å². The lowest BCUT2D eigenvalue weighted by Gasteiger charge is -2.01. The van der Waals surface area contributed by atoms with E-state index in [9.17, 15) is 0 Å². The van der Waals surface area contributed by atoms with Crippen LogP contribution in [0.5, 0.6) is 0 Å². The third-order valence-electron chi connectivity index (χ3n) is 1.87. The fraction of sp³-hybridized carbons (Fsp3) is 0.417. The van der Waals surface area contributed by atoms with Gasteiger partial charge >= 0.3 is 0 Å². The minimum atomic E-state index is 0.550. The first-order valence-electron chi connectivity index (χ1n) is 4.93. The first-order valence-corrected chi connectivity index (χ1v) is 5.73. The molecule has 1 aromatic rings. The number of nitrogens with zero attached hydrogens (tertiary/aromatic N) is 1. The van der Waals surface area contributed by atoms with Crippen LogP contribution >= 0.6 is 15.9 Å². The third-order valence-corrected chi connectivity index (χ3v) is 2.65. The van der Waals surface area contributed by atoms with Gasteiger partial charge in [0.2, 0.25) is 0 Å². The molecule has 0 aromatic heterocycles. The van der Waals surface area contributed by atoms with Crippen LogP contribution in [0.4, 0.5) is 0 Å². The quantitative estimate of drug-likeness (QED) is 0.726. The maximum absolute atomic E-state index is 4.36. The fourth-order valence-electron chi connectivity index (χ4n) is 1.17. The first-order chi connectivity index (χ1) is 6.70. The van der Waals surface area contributed by atoms with Crippen LogP contribution in [-0.2, 0) is 6.42 Å². The average molecular weight is 254 g/mol. The van der Waals surface area contributed by atoms with Gasteiger partial charge < -0.3 is 0 Å². The minimum absolute atomic E-state index is 0.550. The molecule has 0 saturated heterocycles. The van der Waals surface area contributed by atoms with Crippen molar-refractivity contribution >= 4 is 22.1 Å². The van der Waals surface area contributed by atoms with E-state index >= 15 is 0 Å². The average Bonchev–Trinajstić information content (AvgIpc) is 2.15. The second-order valence-electron chi connectivity index (χ2n) is 3.64. The lowest BCUT2D eigenvalue weighted by atomic mass is 10.1. The number of aliphatic imine (C=N–C) groups is 1. The van der Waals surface area contributed by atoms with Gasteiger partial charge in [-0.2, -0.15) is 0 Å². The van der Waals surface area contributed by atoms with Crippen molar-refractivity contribution in [2.24, 2.45) is 10.9 Å². The molecule has 1 aromatic carbocycles. The van der Waals surface area contributed by atoms with Gasteiger partial charge in [-0.25, -0.2) is 0 Å². The second kappa shape index (κ2) is 5.97. The van der Waals surface area contributed by atoms with Crippen molar-refractivity contribution < 1.29 is 0 Å². The molecule has 2 heteroatoms. The van der Waals surface area contributed by atoms with E-state index in [2.05, 4.69) is 53.0 Å². The smallest absolute Gasteiger partial charge is 0.0426 e. The highest BCUT2D eigenvalue weighted by Gasteiger charge is 1.96. The van der Waals surface area contributed by atoms with E-state index in [1.165, 1.54) is 10.0 Å². The van der Waals surface area contributed by atoms with Crippen molar-refractivity contribution in [3.8, 4) is 0 Å². The van der Waals surface area contributed by atoms with Crippen LogP contribution < -0.4 is 0 Å². The second-order valence-corrected chi connectivity index (χ2v) is 4.50. The molecule has 0 N–H and O–H groups in total. The maximum atomic E-state index is 4.36. The van der Waals surface area contributed by atoms with Crippen molar-refractivity contribution in [3.05, 3.63) is 34.3 Å². The van der Waals surface area contributed by atoms with Gasteiger partial charge in [-0.15, -0.1) is 0 Å². The molecule has 1 rings (SSSR count). The van der Waals surface area contributed by atoms with Crippen molar-refractivity contribution in [1.29, 1.82) is 0 Å². The van der Waals surface area contributed by atoms with Crippen molar-refractivity contribution in [2.45, 2.75) is 20.3 Å². The van der Waals surface area contributed by atoms with Gasteiger partial charge in [0, 0.05) is 17.2 Å².